The molecule has 0 aromatic heterocycles. The number of carbonyl (C=O) groups excluding carboxylic acids is 1. The number of nitrogens with two attached hydrogens (primary N) is 1. The van der Waals surface area contributed by atoms with Crippen molar-refractivity contribution in [3.05, 3.63) is 52.6 Å². The molecule has 0 unspecified atom stereocenters. The van der Waals surface area contributed by atoms with Crippen LogP contribution in [0, 0.1) is 20.8 Å². The van der Waals surface area contributed by atoms with Crippen molar-refractivity contribution in [3.8, 4) is 5.75 Å². The highest BCUT2D eigenvalue weighted by Crippen LogP contribution is 2.26. The molecule has 0 radical (unpaired) electrons. The predicted octanol–water partition coefficient (Wildman–Crippen LogP) is 3.45. The van der Waals surface area contributed by atoms with Gasteiger partial charge in [0.2, 0.25) is 0 Å². The van der Waals surface area contributed by atoms with Crippen LogP contribution >= 0.6 is 0 Å². The van der Waals surface area contributed by atoms with Crippen molar-refractivity contribution in [2.45, 2.75) is 20.8 Å². The van der Waals surface area contributed by atoms with Gasteiger partial charge in [-0.05, 0) is 50.1 Å². The van der Waals surface area contributed by atoms with E-state index in [0.717, 1.165) is 16.8 Å². The number of nitrogens with one attached hydrogen (secondary N) is 1. The zero-order valence-corrected chi connectivity index (χ0v) is 12.8. The summed E-state index contributed by atoms with van der Waals surface area (Å²) in [5.74, 6) is 0.276. The fraction of sp³-hybridized carbons (Fsp3) is 0.235. The maximum atomic E-state index is 12.5. The van der Waals surface area contributed by atoms with Crippen molar-refractivity contribution in [1.29, 1.82) is 0 Å². The molecule has 0 atom stereocenters. The van der Waals surface area contributed by atoms with Crippen molar-refractivity contribution < 1.29 is 9.53 Å². The maximum absolute atomic E-state index is 12.5. The molecule has 4 heteroatoms. The van der Waals surface area contributed by atoms with Crippen LogP contribution in [0.15, 0.2) is 30.3 Å². The molecule has 2 rings (SSSR count). The highest BCUT2D eigenvalue weighted by Gasteiger charge is 2.15. The molecular formula is C17H20N2O2. The lowest BCUT2D eigenvalue weighted by molar-refractivity contribution is 0.102. The summed E-state index contributed by atoms with van der Waals surface area (Å²) in [4.78, 5) is 12.5. The van der Waals surface area contributed by atoms with E-state index in [4.69, 9.17) is 10.5 Å². The van der Waals surface area contributed by atoms with Gasteiger partial charge in [-0.1, -0.05) is 17.7 Å². The van der Waals surface area contributed by atoms with Gasteiger partial charge in [0.1, 0.15) is 5.75 Å². The molecule has 21 heavy (non-hydrogen) atoms. The molecule has 0 heterocycles. The molecule has 4 nitrogen and oxygen atoms in total. The van der Waals surface area contributed by atoms with Crippen LogP contribution in [0.25, 0.3) is 0 Å². The minimum absolute atomic E-state index is 0.228. The Morgan fingerprint density at radius 3 is 2.29 bits per heavy atom. The van der Waals surface area contributed by atoms with E-state index in [-0.39, 0.29) is 5.91 Å². The summed E-state index contributed by atoms with van der Waals surface area (Å²) in [6, 6.07) is 9.10. The average molecular weight is 284 g/mol. The standard InChI is InChI=1S/C17H20N2O2/c1-10-7-11(2)16(12(3)8-10)19-17(20)14-9-13(18)5-6-15(14)21-4/h5-9H,18H2,1-4H3,(H,19,20). The summed E-state index contributed by atoms with van der Waals surface area (Å²) in [5, 5.41) is 2.95. The third kappa shape index (κ3) is 3.16. The number of rotatable bonds is 3. The second-order valence-corrected chi connectivity index (χ2v) is 5.19. The number of benzene rings is 2. The number of amides is 1. The molecule has 110 valence electrons. The smallest absolute Gasteiger partial charge is 0.259 e. The van der Waals surface area contributed by atoms with E-state index in [2.05, 4.69) is 5.32 Å². The van der Waals surface area contributed by atoms with Gasteiger partial charge in [0.05, 0.1) is 12.7 Å². The topological polar surface area (TPSA) is 64.3 Å². The Labute approximate surface area is 124 Å². The largest absolute Gasteiger partial charge is 0.496 e. The Hall–Kier alpha value is -2.49. The Kier molecular flexibility index (Phi) is 4.17. The second-order valence-electron chi connectivity index (χ2n) is 5.19. The summed E-state index contributed by atoms with van der Waals surface area (Å²) < 4.78 is 5.22. The van der Waals surface area contributed by atoms with Crippen molar-refractivity contribution >= 4 is 17.3 Å². The number of nitrogen functional groups attached to an aromatic ring is 1. The van der Waals surface area contributed by atoms with Gasteiger partial charge in [-0.3, -0.25) is 4.79 Å². The molecule has 0 saturated heterocycles. The third-order valence-corrected chi connectivity index (χ3v) is 3.38. The van der Waals surface area contributed by atoms with E-state index in [9.17, 15) is 4.79 Å². The van der Waals surface area contributed by atoms with Gasteiger partial charge in [-0.15, -0.1) is 0 Å². The zero-order chi connectivity index (χ0) is 15.6. The van der Waals surface area contributed by atoms with Crippen LogP contribution in [0.1, 0.15) is 27.0 Å². The van der Waals surface area contributed by atoms with E-state index < -0.39 is 0 Å². The molecule has 0 fully saturated rings. The molecule has 0 saturated carbocycles. The first-order valence-corrected chi connectivity index (χ1v) is 6.75. The molecule has 0 aliphatic rings. The van der Waals surface area contributed by atoms with Crippen LogP contribution < -0.4 is 15.8 Å². The van der Waals surface area contributed by atoms with Crippen LogP contribution in [0.3, 0.4) is 0 Å². The Bertz CT molecular complexity index is 670. The minimum Gasteiger partial charge on any atom is -0.496 e. The van der Waals surface area contributed by atoms with Gasteiger partial charge in [0.15, 0.2) is 0 Å². The Morgan fingerprint density at radius 1 is 1.10 bits per heavy atom. The minimum atomic E-state index is -0.228. The lowest BCUT2D eigenvalue weighted by Crippen LogP contribution is -2.15. The monoisotopic (exact) mass is 284 g/mol. The summed E-state index contributed by atoms with van der Waals surface area (Å²) in [5.41, 5.74) is 10.8. The Balaban J connectivity index is 2.37. The van der Waals surface area contributed by atoms with Crippen molar-refractivity contribution in [2.75, 3.05) is 18.2 Å². The predicted molar refractivity (Wildman–Crippen MR) is 86.0 cm³/mol. The van der Waals surface area contributed by atoms with Gasteiger partial charge in [-0.2, -0.15) is 0 Å². The lowest BCUT2D eigenvalue weighted by atomic mass is 10.0. The number of methoxy groups -OCH3 is 1. The fourth-order valence-electron chi connectivity index (χ4n) is 2.46. The average Bonchev–Trinajstić information content (AvgIpc) is 2.42. The zero-order valence-electron chi connectivity index (χ0n) is 12.8. The first-order chi connectivity index (χ1) is 9.92. The van der Waals surface area contributed by atoms with Crippen molar-refractivity contribution in [3.63, 3.8) is 0 Å². The number of aryl methyl sites for hydroxylation is 3. The first-order valence-electron chi connectivity index (χ1n) is 6.75. The van der Waals surface area contributed by atoms with Crippen LogP contribution in [-0.4, -0.2) is 13.0 Å². The summed E-state index contributed by atoms with van der Waals surface area (Å²) in [7, 11) is 1.53. The quantitative estimate of drug-likeness (QED) is 0.848. The van der Waals surface area contributed by atoms with Gasteiger partial charge < -0.3 is 15.8 Å². The SMILES string of the molecule is COc1ccc(N)cc1C(=O)Nc1c(C)cc(C)cc1C. The fourth-order valence-corrected chi connectivity index (χ4v) is 2.46. The molecule has 2 aromatic rings. The normalized spacial score (nSPS) is 10.3. The molecular weight excluding hydrogens is 264 g/mol. The van der Waals surface area contributed by atoms with Crippen LogP contribution in [0.2, 0.25) is 0 Å². The van der Waals surface area contributed by atoms with Crippen LogP contribution in [0.4, 0.5) is 11.4 Å². The second kappa shape index (κ2) is 5.87. The van der Waals surface area contributed by atoms with Gasteiger partial charge in [0.25, 0.3) is 5.91 Å². The number of ether oxygens (including phenoxy) is 1. The maximum Gasteiger partial charge on any atom is 0.259 e. The van der Waals surface area contributed by atoms with Gasteiger partial charge >= 0.3 is 0 Å². The van der Waals surface area contributed by atoms with Gasteiger partial charge in [0, 0.05) is 11.4 Å². The van der Waals surface area contributed by atoms with Crippen molar-refractivity contribution in [2.24, 2.45) is 0 Å². The van der Waals surface area contributed by atoms with E-state index in [1.54, 1.807) is 18.2 Å². The number of carbonyl (C=O) groups is 1. The molecule has 1 amide bonds. The number of hydrogen-bond acceptors (Lipinski definition) is 3. The van der Waals surface area contributed by atoms with Gasteiger partial charge in [-0.25, -0.2) is 0 Å². The van der Waals surface area contributed by atoms with E-state index >= 15 is 0 Å². The number of hydrogen-bond donors (Lipinski definition) is 2. The molecule has 0 bridgehead atoms. The van der Waals surface area contributed by atoms with E-state index in [1.165, 1.54) is 12.7 Å². The molecule has 0 spiro atoms. The first kappa shape index (κ1) is 14.9. The van der Waals surface area contributed by atoms with E-state index in [1.807, 2.05) is 32.9 Å². The molecule has 0 aliphatic carbocycles. The van der Waals surface area contributed by atoms with Crippen LogP contribution in [0.5, 0.6) is 5.75 Å². The summed E-state index contributed by atoms with van der Waals surface area (Å²) >= 11 is 0. The summed E-state index contributed by atoms with van der Waals surface area (Å²) in [6.07, 6.45) is 0. The Morgan fingerprint density at radius 2 is 1.71 bits per heavy atom. The van der Waals surface area contributed by atoms with E-state index in [0.29, 0.717) is 17.0 Å². The third-order valence-electron chi connectivity index (χ3n) is 3.38. The number of anilines is 2. The molecule has 0 aliphatic heterocycles. The summed E-state index contributed by atoms with van der Waals surface area (Å²) in [6.45, 7) is 5.99. The van der Waals surface area contributed by atoms with Crippen molar-refractivity contribution in [1.82, 2.24) is 0 Å². The lowest BCUT2D eigenvalue weighted by Gasteiger charge is -2.14. The highest BCUT2D eigenvalue weighted by atomic mass is 16.5. The molecule has 3 N–H and O–H groups in total. The molecule has 2 aromatic carbocycles. The highest BCUT2D eigenvalue weighted by molar-refractivity contribution is 6.07. The van der Waals surface area contributed by atoms with Crippen LogP contribution in [-0.2, 0) is 0 Å².